The Hall–Kier alpha value is -1.31. The van der Waals surface area contributed by atoms with E-state index in [1.807, 2.05) is 26.8 Å². The summed E-state index contributed by atoms with van der Waals surface area (Å²) in [6, 6.07) is 0. The molecular formula is C11H17NO. The summed E-state index contributed by atoms with van der Waals surface area (Å²) in [5, 5.41) is 2.63. The Bertz CT molecular complexity index is 261. The number of amides is 1. The van der Waals surface area contributed by atoms with Gasteiger partial charge >= 0.3 is 0 Å². The van der Waals surface area contributed by atoms with Gasteiger partial charge in [0.1, 0.15) is 0 Å². The van der Waals surface area contributed by atoms with Crippen LogP contribution in [-0.4, -0.2) is 5.91 Å². The topological polar surface area (TPSA) is 29.1 Å². The van der Waals surface area contributed by atoms with Gasteiger partial charge in [0.15, 0.2) is 0 Å². The van der Waals surface area contributed by atoms with Gasteiger partial charge < -0.3 is 5.32 Å². The maximum Gasteiger partial charge on any atom is 0.228 e. The molecule has 0 atom stereocenters. The molecule has 0 aromatic rings. The maximum atomic E-state index is 10.8. The zero-order valence-electron chi connectivity index (χ0n) is 8.61. The zero-order chi connectivity index (χ0) is 10.4. The van der Waals surface area contributed by atoms with Gasteiger partial charge in [-0.1, -0.05) is 38.7 Å². The van der Waals surface area contributed by atoms with E-state index in [1.165, 1.54) is 0 Å². The van der Waals surface area contributed by atoms with Crippen molar-refractivity contribution in [3.63, 3.8) is 0 Å². The Labute approximate surface area is 80.0 Å². The summed E-state index contributed by atoms with van der Waals surface area (Å²) >= 11 is 0. The van der Waals surface area contributed by atoms with E-state index >= 15 is 0 Å². The molecule has 2 heteroatoms. The van der Waals surface area contributed by atoms with Crippen molar-refractivity contribution in [2.24, 2.45) is 0 Å². The molecule has 0 bridgehead atoms. The van der Waals surface area contributed by atoms with E-state index < -0.39 is 0 Å². The molecule has 1 amide bonds. The van der Waals surface area contributed by atoms with Gasteiger partial charge in [0.25, 0.3) is 0 Å². The van der Waals surface area contributed by atoms with Crippen molar-refractivity contribution in [2.45, 2.75) is 27.2 Å². The standard InChI is InChI=1S/C9H11NO.C2H6/c1-6(2)4-8-5-9(11)10-7(8)3;1-2/h4H,1,3,5H2,2H3,(H,10,11);1-2H3/b8-4-;. The fraction of sp³-hybridized carbons (Fsp3) is 0.364. The summed E-state index contributed by atoms with van der Waals surface area (Å²) in [6.45, 7) is 13.3. The fourth-order valence-corrected chi connectivity index (χ4v) is 1.01. The van der Waals surface area contributed by atoms with Crippen LogP contribution in [0.5, 0.6) is 0 Å². The second-order valence-corrected chi connectivity index (χ2v) is 2.72. The quantitative estimate of drug-likeness (QED) is 0.658. The maximum absolute atomic E-state index is 10.8. The van der Waals surface area contributed by atoms with Gasteiger partial charge in [-0.2, -0.15) is 0 Å². The van der Waals surface area contributed by atoms with Crippen molar-refractivity contribution in [1.29, 1.82) is 0 Å². The first kappa shape index (κ1) is 11.7. The summed E-state index contributed by atoms with van der Waals surface area (Å²) in [7, 11) is 0. The third-order valence-corrected chi connectivity index (χ3v) is 1.45. The highest BCUT2D eigenvalue weighted by Gasteiger charge is 2.17. The molecule has 13 heavy (non-hydrogen) atoms. The van der Waals surface area contributed by atoms with Crippen molar-refractivity contribution in [3.8, 4) is 0 Å². The molecule has 1 saturated heterocycles. The molecule has 0 aromatic carbocycles. The van der Waals surface area contributed by atoms with Crippen LogP contribution < -0.4 is 5.32 Å². The third-order valence-electron chi connectivity index (χ3n) is 1.45. The molecule has 0 aliphatic carbocycles. The Morgan fingerprint density at radius 1 is 1.54 bits per heavy atom. The molecule has 1 fully saturated rings. The minimum Gasteiger partial charge on any atom is -0.326 e. The Balaban J connectivity index is 0.000000671. The van der Waals surface area contributed by atoms with Gasteiger partial charge in [0.2, 0.25) is 5.91 Å². The molecule has 0 aromatic heterocycles. The molecule has 0 radical (unpaired) electrons. The lowest BCUT2D eigenvalue weighted by Gasteiger charge is -1.95. The van der Waals surface area contributed by atoms with E-state index in [1.54, 1.807) is 0 Å². The van der Waals surface area contributed by atoms with Gasteiger partial charge in [-0.05, 0) is 12.5 Å². The summed E-state index contributed by atoms with van der Waals surface area (Å²) in [5.74, 6) is 0.0162. The van der Waals surface area contributed by atoms with Crippen molar-refractivity contribution in [2.75, 3.05) is 0 Å². The third kappa shape index (κ3) is 3.74. The normalized spacial score (nSPS) is 17.9. The van der Waals surface area contributed by atoms with Gasteiger partial charge in [0, 0.05) is 5.70 Å². The fourth-order valence-electron chi connectivity index (χ4n) is 1.01. The summed E-state index contributed by atoms with van der Waals surface area (Å²) in [6.07, 6.45) is 2.31. The lowest BCUT2D eigenvalue weighted by atomic mass is 10.1. The van der Waals surface area contributed by atoms with Crippen LogP contribution in [0.2, 0.25) is 0 Å². The molecule has 1 heterocycles. The predicted octanol–water partition coefficient (Wildman–Crippen LogP) is 2.55. The van der Waals surface area contributed by atoms with E-state index in [2.05, 4.69) is 18.5 Å². The summed E-state index contributed by atoms with van der Waals surface area (Å²) in [4.78, 5) is 10.8. The number of hydrogen-bond acceptors (Lipinski definition) is 1. The lowest BCUT2D eigenvalue weighted by molar-refractivity contribution is -0.118. The van der Waals surface area contributed by atoms with E-state index in [-0.39, 0.29) is 5.91 Å². The average molecular weight is 179 g/mol. The first-order valence-corrected chi connectivity index (χ1v) is 4.45. The van der Waals surface area contributed by atoms with Crippen LogP contribution in [0.3, 0.4) is 0 Å². The zero-order valence-corrected chi connectivity index (χ0v) is 8.61. The number of allylic oxidation sites excluding steroid dienone is 3. The van der Waals surface area contributed by atoms with Gasteiger partial charge in [-0.3, -0.25) is 4.79 Å². The first-order valence-electron chi connectivity index (χ1n) is 4.45. The highest BCUT2D eigenvalue weighted by Crippen LogP contribution is 2.18. The Morgan fingerprint density at radius 3 is 2.38 bits per heavy atom. The van der Waals surface area contributed by atoms with E-state index in [9.17, 15) is 4.79 Å². The van der Waals surface area contributed by atoms with Crippen LogP contribution in [0, 0.1) is 0 Å². The van der Waals surface area contributed by atoms with E-state index in [0.29, 0.717) is 12.1 Å². The smallest absolute Gasteiger partial charge is 0.228 e. The Kier molecular flexibility index (Phi) is 4.82. The van der Waals surface area contributed by atoms with Crippen LogP contribution in [0.4, 0.5) is 0 Å². The molecule has 1 rings (SSSR count). The SMILES string of the molecule is C=C(C)/C=C1/CC(=O)NC1=C.CC. The highest BCUT2D eigenvalue weighted by atomic mass is 16.1. The lowest BCUT2D eigenvalue weighted by Crippen LogP contribution is -2.10. The van der Waals surface area contributed by atoms with Crippen molar-refractivity contribution in [1.82, 2.24) is 5.32 Å². The van der Waals surface area contributed by atoms with E-state index in [0.717, 1.165) is 11.1 Å². The van der Waals surface area contributed by atoms with Crippen LogP contribution in [0.25, 0.3) is 0 Å². The second kappa shape index (κ2) is 5.36. The molecule has 0 spiro atoms. The predicted molar refractivity (Wildman–Crippen MR) is 56.1 cm³/mol. The van der Waals surface area contributed by atoms with Crippen LogP contribution >= 0.6 is 0 Å². The largest absolute Gasteiger partial charge is 0.326 e. The average Bonchev–Trinajstić information content (AvgIpc) is 2.33. The molecule has 2 nitrogen and oxygen atoms in total. The van der Waals surface area contributed by atoms with Gasteiger partial charge in [0.05, 0.1) is 6.42 Å². The number of nitrogens with one attached hydrogen (secondary N) is 1. The Morgan fingerprint density at radius 2 is 2.08 bits per heavy atom. The van der Waals surface area contributed by atoms with Crippen LogP contribution in [0.1, 0.15) is 27.2 Å². The highest BCUT2D eigenvalue weighted by molar-refractivity contribution is 5.86. The molecule has 0 saturated carbocycles. The van der Waals surface area contributed by atoms with Crippen molar-refractivity contribution < 1.29 is 4.79 Å². The number of carbonyl (C=O) groups excluding carboxylic acids is 1. The first-order chi connectivity index (χ1) is 6.09. The number of carbonyl (C=O) groups is 1. The molecule has 1 aliphatic rings. The number of hydrogen-bond donors (Lipinski definition) is 1. The molecule has 72 valence electrons. The van der Waals surface area contributed by atoms with Crippen LogP contribution in [-0.2, 0) is 4.79 Å². The molecular weight excluding hydrogens is 162 g/mol. The van der Waals surface area contributed by atoms with E-state index in [4.69, 9.17) is 0 Å². The van der Waals surface area contributed by atoms with Gasteiger partial charge in [-0.25, -0.2) is 0 Å². The minimum atomic E-state index is 0.0162. The molecule has 1 aliphatic heterocycles. The van der Waals surface area contributed by atoms with Crippen molar-refractivity contribution in [3.05, 3.63) is 36.1 Å². The monoisotopic (exact) mass is 179 g/mol. The second-order valence-electron chi connectivity index (χ2n) is 2.72. The summed E-state index contributed by atoms with van der Waals surface area (Å²) < 4.78 is 0. The number of rotatable bonds is 1. The minimum absolute atomic E-state index is 0.0162. The molecule has 0 unspecified atom stereocenters. The van der Waals surface area contributed by atoms with Gasteiger partial charge in [-0.15, -0.1) is 0 Å². The van der Waals surface area contributed by atoms with Crippen molar-refractivity contribution >= 4 is 5.91 Å². The summed E-state index contributed by atoms with van der Waals surface area (Å²) in [5.41, 5.74) is 2.60. The molecule has 1 N–H and O–H groups in total. The van der Waals surface area contributed by atoms with Crippen LogP contribution in [0.15, 0.2) is 36.1 Å².